The Morgan fingerprint density at radius 2 is 2.26 bits per heavy atom. The fourth-order valence-corrected chi connectivity index (χ4v) is 2.66. The molecule has 0 aromatic heterocycles. The molecule has 0 fully saturated rings. The van der Waals surface area contributed by atoms with Crippen LogP contribution in [0.4, 0.5) is 5.69 Å². The van der Waals surface area contributed by atoms with Crippen molar-refractivity contribution in [3.63, 3.8) is 0 Å². The first-order chi connectivity index (χ1) is 8.61. The zero-order valence-electron chi connectivity index (χ0n) is 11.3. The van der Waals surface area contributed by atoms with E-state index in [1.165, 1.54) is 11.1 Å². The van der Waals surface area contributed by atoms with Crippen molar-refractivity contribution in [2.75, 3.05) is 12.0 Å². The molecule has 0 saturated heterocycles. The molecular formula is C14H21ClN2OS. The lowest BCUT2D eigenvalue weighted by molar-refractivity contribution is -0.121. The summed E-state index contributed by atoms with van der Waals surface area (Å²) in [6, 6.07) is 6.15. The monoisotopic (exact) mass is 300 g/mol. The van der Waals surface area contributed by atoms with Gasteiger partial charge in [-0.25, -0.2) is 0 Å². The van der Waals surface area contributed by atoms with Crippen LogP contribution in [0, 0.1) is 0 Å². The number of nitrogen functional groups attached to an aromatic ring is 1. The van der Waals surface area contributed by atoms with Gasteiger partial charge in [-0.1, -0.05) is 6.07 Å². The summed E-state index contributed by atoms with van der Waals surface area (Å²) in [7, 11) is 0. The summed E-state index contributed by atoms with van der Waals surface area (Å²) in [5.74, 6) is 0.122. The van der Waals surface area contributed by atoms with Crippen molar-refractivity contribution in [2.24, 2.45) is 0 Å². The predicted molar refractivity (Wildman–Crippen MR) is 84.9 cm³/mol. The van der Waals surface area contributed by atoms with Gasteiger partial charge >= 0.3 is 0 Å². The zero-order chi connectivity index (χ0) is 13.1. The van der Waals surface area contributed by atoms with Crippen molar-refractivity contribution in [3.05, 3.63) is 29.3 Å². The number of amides is 1. The summed E-state index contributed by atoms with van der Waals surface area (Å²) in [5.41, 5.74) is 9.13. The molecule has 3 N–H and O–H groups in total. The Bertz CT molecular complexity index is 453. The van der Waals surface area contributed by atoms with E-state index < -0.39 is 0 Å². The highest BCUT2D eigenvalue weighted by molar-refractivity contribution is 7.99. The molecule has 2 atom stereocenters. The average molecular weight is 301 g/mol. The van der Waals surface area contributed by atoms with Crippen LogP contribution in [0.3, 0.4) is 0 Å². The number of hydrogen-bond donors (Lipinski definition) is 2. The Morgan fingerprint density at radius 1 is 1.53 bits per heavy atom. The fraction of sp³-hybridized carbons (Fsp3) is 0.500. The molecule has 3 nitrogen and oxygen atoms in total. The van der Waals surface area contributed by atoms with E-state index in [1.807, 2.05) is 25.3 Å². The number of thioether (sulfide) groups is 1. The normalized spacial score (nSPS) is 18.9. The highest BCUT2D eigenvalue weighted by atomic mass is 35.5. The topological polar surface area (TPSA) is 55.1 Å². The Hall–Kier alpha value is -0.870. The van der Waals surface area contributed by atoms with Crippen molar-refractivity contribution in [1.82, 2.24) is 5.32 Å². The number of nitrogens with one attached hydrogen (secondary N) is 1. The Labute approximate surface area is 125 Å². The van der Waals surface area contributed by atoms with Gasteiger partial charge in [-0.3, -0.25) is 4.79 Å². The van der Waals surface area contributed by atoms with Crippen LogP contribution in [0.2, 0.25) is 0 Å². The van der Waals surface area contributed by atoms with Gasteiger partial charge in [0.25, 0.3) is 0 Å². The number of fused-ring (bicyclic) bond motifs is 1. The van der Waals surface area contributed by atoms with Crippen molar-refractivity contribution in [2.45, 2.75) is 37.5 Å². The molecular weight excluding hydrogens is 280 g/mol. The molecule has 5 heteroatoms. The number of halogens is 1. The van der Waals surface area contributed by atoms with E-state index in [4.69, 9.17) is 5.73 Å². The van der Waals surface area contributed by atoms with E-state index in [9.17, 15) is 4.79 Å². The molecule has 19 heavy (non-hydrogen) atoms. The number of carbonyl (C=O) groups excluding carboxylic acids is 1. The predicted octanol–water partition coefficient (Wildman–Crippen LogP) is 2.94. The molecule has 2 rings (SSSR count). The molecule has 1 aliphatic carbocycles. The molecule has 106 valence electrons. The number of hydrogen-bond acceptors (Lipinski definition) is 3. The van der Waals surface area contributed by atoms with E-state index >= 15 is 0 Å². The maximum atomic E-state index is 12.0. The van der Waals surface area contributed by atoms with E-state index in [-0.39, 0.29) is 29.6 Å². The zero-order valence-corrected chi connectivity index (χ0v) is 12.9. The van der Waals surface area contributed by atoms with Gasteiger partial charge in [0.2, 0.25) is 5.91 Å². The lowest BCUT2D eigenvalue weighted by atomic mass is 9.87. The van der Waals surface area contributed by atoms with Crippen LogP contribution in [0.15, 0.2) is 18.2 Å². The van der Waals surface area contributed by atoms with Crippen LogP contribution in [-0.2, 0) is 11.2 Å². The van der Waals surface area contributed by atoms with E-state index in [1.54, 1.807) is 11.8 Å². The molecule has 0 saturated carbocycles. The number of nitrogens with two attached hydrogens (primary N) is 1. The van der Waals surface area contributed by atoms with Crippen LogP contribution in [0.5, 0.6) is 0 Å². The average Bonchev–Trinajstić information content (AvgIpc) is 2.37. The molecule has 2 unspecified atom stereocenters. The van der Waals surface area contributed by atoms with Gasteiger partial charge in [0.05, 0.1) is 11.3 Å². The summed E-state index contributed by atoms with van der Waals surface area (Å²) in [4.78, 5) is 12.0. The van der Waals surface area contributed by atoms with Gasteiger partial charge in [0, 0.05) is 5.69 Å². The summed E-state index contributed by atoms with van der Waals surface area (Å²) in [5, 5.41) is 3.15. The van der Waals surface area contributed by atoms with Crippen molar-refractivity contribution in [3.8, 4) is 0 Å². The number of carbonyl (C=O) groups is 1. The lowest BCUT2D eigenvalue weighted by Crippen LogP contribution is -2.35. The minimum Gasteiger partial charge on any atom is -0.399 e. The third kappa shape index (κ3) is 3.80. The second-order valence-corrected chi connectivity index (χ2v) is 5.97. The van der Waals surface area contributed by atoms with Crippen LogP contribution >= 0.6 is 24.2 Å². The molecule has 1 amide bonds. The van der Waals surface area contributed by atoms with Gasteiger partial charge in [-0.05, 0) is 55.7 Å². The number of aryl methyl sites for hydroxylation is 1. The third-order valence-electron chi connectivity index (χ3n) is 3.52. The Morgan fingerprint density at radius 3 is 2.95 bits per heavy atom. The number of anilines is 1. The van der Waals surface area contributed by atoms with Gasteiger partial charge in [-0.15, -0.1) is 12.4 Å². The van der Waals surface area contributed by atoms with Crippen molar-refractivity contribution < 1.29 is 4.79 Å². The van der Waals surface area contributed by atoms with E-state index in [0.717, 1.165) is 24.9 Å². The molecule has 0 radical (unpaired) electrons. The number of benzene rings is 1. The second kappa shape index (κ2) is 7.06. The van der Waals surface area contributed by atoms with Gasteiger partial charge < -0.3 is 11.1 Å². The van der Waals surface area contributed by atoms with Crippen molar-refractivity contribution >= 4 is 35.8 Å². The highest BCUT2D eigenvalue weighted by Gasteiger charge is 2.23. The van der Waals surface area contributed by atoms with Crippen LogP contribution in [0.25, 0.3) is 0 Å². The van der Waals surface area contributed by atoms with Crippen LogP contribution in [-0.4, -0.2) is 17.4 Å². The first-order valence-electron chi connectivity index (χ1n) is 6.33. The highest BCUT2D eigenvalue weighted by Crippen LogP contribution is 2.31. The smallest absolute Gasteiger partial charge is 0.233 e. The Balaban J connectivity index is 0.00000180. The van der Waals surface area contributed by atoms with Gasteiger partial charge in [0.15, 0.2) is 0 Å². The maximum absolute atomic E-state index is 12.0. The summed E-state index contributed by atoms with van der Waals surface area (Å²) >= 11 is 1.57. The second-order valence-electron chi connectivity index (χ2n) is 4.79. The lowest BCUT2D eigenvalue weighted by Gasteiger charge is -2.27. The van der Waals surface area contributed by atoms with Crippen LogP contribution < -0.4 is 11.1 Å². The minimum absolute atomic E-state index is 0. The molecule has 0 bridgehead atoms. The molecule has 1 aromatic carbocycles. The van der Waals surface area contributed by atoms with Crippen LogP contribution in [0.1, 0.15) is 36.9 Å². The standard InChI is InChI=1S/C14H20N2OS.ClH/c1-9(18-2)14(17)16-13-5-3-4-10-8-11(15)6-7-12(10)13;/h6-9,13H,3-5,15H2,1-2H3,(H,16,17);1H. The summed E-state index contributed by atoms with van der Waals surface area (Å²) in [6.45, 7) is 1.94. The maximum Gasteiger partial charge on any atom is 0.233 e. The molecule has 1 aromatic rings. The van der Waals surface area contributed by atoms with E-state index in [0.29, 0.717) is 0 Å². The quantitative estimate of drug-likeness (QED) is 0.844. The van der Waals surface area contributed by atoms with E-state index in [2.05, 4.69) is 11.4 Å². The first kappa shape index (κ1) is 16.2. The fourth-order valence-electron chi connectivity index (χ4n) is 2.38. The van der Waals surface area contributed by atoms with Crippen molar-refractivity contribution in [1.29, 1.82) is 0 Å². The summed E-state index contributed by atoms with van der Waals surface area (Å²) < 4.78 is 0. The molecule has 0 spiro atoms. The largest absolute Gasteiger partial charge is 0.399 e. The van der Waals surface area contributed by atoms with Gasteiger partial charge in [-0.2, -0.15) is 11.8 Å². The summed E-state index contributed by atoms with van der Waals surface area (Å²) in [6.07, 6.45) is 5.14. The molecule has 0 heterocycles. The number of rotatable bonds is 3. The first-order valence-corrected chi connectivity index (χ1v) is 7.62. The third-order valence-corrected chi connectivity index (χ3v) is 4.44. The Kier molecular flexibility index (Phi) is 6.01. The SMILES string of the molecule is CSC(C)C(=O)NC1CCCc2cc(N)ccc21.Cl. The molecule has 0 aliphatic heterocycles. The minimum atomic E-state index is 0. The molecule has 1 aliphatic rings. The van der Waals surface area contributed by atoms with Gasteiger partial charge in [0.1, 0.15) is 0 Å².